The molecule has 1 saturated carbocycles. The van der Waals surface area contributed by atoms with Crippen molar-refractivity contribution in [2.24, 2.45) is 7.05 Å². The lowest BCUT2D eigenvalue weighted by Gasteiger charge is -2.10. The highest BCUT2D eigenvalue weighted by atomic mass is 16.5. The van der Waals surface area contributed by atoms with Crippen LogP contribution in [0.2, 0.25) is 0 Å². The number of methoxy groups -OCH3 is 1. The molecule has 1 aliphatic carbocycles. The van der Waals surface area contributed by atoms with Crippen molar-refractivity contribution in [3.8, 4) is 16.9 Å². The van der Waals surface area contributed by atoms with Crippen molar-refractivity contribution < 1.29 is 4.74 Å². The van der Waals surface area contributed by atoms with Gasteiger partial charge >= 0.3 is 0 Å². The summed E-state index contributed by atoms with van der Waals surface area (Å²) in [4.78, 5) is 12.5. The molecule has 0 radical (unpaired) electrons. The summed E-state index contributed by atoms with van der Waals surface area (Å²) in [6.07, 6.45) is 4.00. The van der Waals surface area contributed by atoms with Gasteiger partial charge in [0.15, 0.2) is 0 Å². The SMILES string of the molecule is COc1cc2c(cc1-c1c(C)n[nH]c1C)[nH]c1ncnc(Nc3cc(C4CC4)nn3C)c12. The molecule has 1 fully saturated rings. The van der Waals surface area contributed by atoms with Crippen LogP contribution in [-0.2, 0) is 7.05 Å². The molecule has 0 amide bonds. The van der Waals surface area contributed by atoms with E-state index in [0.717, 1.165) is 67.5 Å². The van der Waals surface area contributed by atoms with Crippen molar-refractivity contribution in [3.05, 3.63) is 41.6 Å². The lowest BCUT2D eigenvalue weighted by molar-refractivity contribution is 0.417. The highest BCUT2D eigenvalue weighted by Crippen LogP contribution is 2.42. The number of aromatic nitrogens is 7. The van der Waals surface area contributed by atoms with Crippen LogP contribution in [0.4, 0.5) is 11.6 Å². The largest absolute Gasteiger partial charge is 0.496 e. The normalized spacial score (nSPS) is 13.9. The van der Waals surface area contributed by atoms with E-state index in [0.29, 0.717) is 5.92 Å². The third-order valence-electron chi connectivity index (χ3n) is 6.25. The van der Waals surface area contributed by atoms with Gasteiger partial charge < -0.3 is 15.0 Å². The van der Waals surface area contributed by atoms with E-state index in [1.807, 2.05) is 31.6 Å². The molecule has 4 aromatic heterocycles. The minimum Gasteiger partial charge on any atom is -0.496 e. The van der Waals surface area contributed by atoms with Crippen molar-refractivity contribution in [2.75, 3.05) is 12.4 Å². The third-order valence-corrected chi connectivity index (χ3v) is 6.25. The highest BCUT2D eigenvalue weighted by Gasteiger charge is 2.27. The Morgan fingerprint density at radius 3 is 2.72 bits per heavy atom. The predicted octanol–water partition coefficient (Wildman–Crippen LogP) is 4.48. The minimum atomic E-state index is 0.591. The average Bonchev–Trinajstić information content (AvgIpc) is 3.37. The standard InChI is InChI=1S/C23H24N8O/c1-11-20(12(2)29-28-11)15-7-17-14(8-18(15)32-4)21-22(26-17)24-10-25-23(21)27-19-9-16(13-5-6-13)30-31(19)3/h7-10,13H,5-6H2,1-4H3,(H,28,29)(H2,24,25,26,27). The van der Waals surface area contributed by atoms with Crippen molar-refractivity contribution in [2.45, 2.75) is 32.6 Å². The van der Waals surface area contributed by atoms with Crippen LogP contribution in [0.25, 0.3) is 33.1 Å². The van der Waals surface area contributed by atoms with E-state index in [4.69, 9.17) is 4.74 Å². The Labute approximate surface area is 184 Å². The number of ether oxygens (including phenoxy) is 1. The molecule has 5 aromatic rings. The van der Waals surface area contributed by atoms with Crippen molar-refractivity contribution in [1.29, 1.82) is 0 Å². The van der Waals surface area contributed by atoms with Crippen LogP contribution in [0.15, 0.2) is 24.5 Å². The molecule has 1 aliphatic rings. The Morgan fingerprint density at radius 2 is 2.00 bits per heavy atom. The fourth-order valence-corrected chi connectivity index (χ4v) is 4.47. The van der Waals surface area contributed by atoms with Gasteiger partial charge in [-0.15, -0.1) is 0 Å². The monoisotopic (exact) mass is 428 g/mol. The van der Waals surface area contributed by atoms with Gasteiger partial charge in [0.2, 0.25) is 0 Å². The molecule has 32 heavy (non-hydrogen) atoms. The van der Waals surface area contributed by atoms with Gasteiger partial charge in [0.25, 0.3) is 0 Å². The van der Waals surface area contributed by atoms with E-state index in [1.54, 1.807) is 13.4 Å². The first kappa shape index (κ1) is 18.9. The van der Waals surface area contributed by atoms with Crippen molar-refractivity contribution in [3.63, 3.8) is 0 Å². The van der Waals surface area contributed by atoms with Crippen molar-refractivity contribution in [1.82, 2.24) is 34.9 Å². The molecule has 0 unspecified atom stereocenters. The number of hydrogen-bond donors (Lipinski definition) is 3. The first-order valence-corrected chi connectivity index (χ1v) is 10.7. The summed E-state index contributed by atoms with van der Waals surface area (Å²) < 4.78 is 7.66. The van der Waals surface area contributed by atoms with Crippen LogP contribution < -0.4 is 10.1 Å². The molecule has 0 aliphatic heterocycles. The summed E-state index contributed by atoms with van der Waals surface area (Å²) in [6, 6.07) is 6.26. The second kappa shape index (κ2) is 6.81. The Kier molecular flexibility index (Phi) is 4.01. The number of H-pyrrole nitrogens is 2. The minimum absolute atomic E-state index is 0.591. The van der Waals surface area contributed by atoms with Gasteiger partial charge in [-0.05, 0) is 38.8 Å². The van der Waals surface area contributed by atoms with Crippen LogP contribution in [0, 0.1) is 13.8 Å². The van der Waals surface area contributed by atoms with E-state index in [9.17, 15) is 0 Å². The maximum absolute atomic E-state index is 5.79. The van der Waals surface area contributed by atoms with Gasteiger partial charge in [-0.2, -0.15) is 10.2 Å². The van der Waals surface area contributed by atoms with Crippen LogP contribution in [-0.4, -0.2) is 42.0 Å². The number of benzene rings is 1. The first-order chi connectivity index (χ1) is 15.5. The van der Waals surface area contributed by atoms with Crippen LogP contribution in [0.3, 0.4) is 0 Å². The number of nitrogens with one attached hydrogen (secondary N) is 3. The average molecular weight is 429 g/mol. The van der Waals surface area contributed by atoms with E-state index < -0.39 is 0 Å². The number of anilines is 2. The number of aryl methyl sites for hydroxylation is 3. The maximum Gasteiger partial charge on any atom is 0.145 e. The fraction of sp³-hybridized carbons (Fsp3) is 0.304. The zero-order valence-electron chi connectivity index (χ0n) is 18.4. The number of hydrogen-bond acceptors (Lipinski definition) is 6. The molecule has 6 rings (SSSR count). The number of aromatic amines is 2. The van der Waals surface area contributed by atoms with E-state index >= 15 is 0 Å². The number of rotatable bonds is 5. The molecule has 162 valence electrons. The molecule has 4 heterocycles. The van der Waals surface area contributed by atoms with Gasteiger partial charge in [0.05, 0.1) is 23.9 Å². The van der Waals surface area contributed by atoms with Gasteiger partial charge in [0, 0.05) is 46.8 Å². The van der Waals surface area contributed by atoms with E-state index in [2.05, 4.69) is 47.7 Å². The molecule has 9 nitrogen and oxygen atoms in total. The summed E-state index contributed by atoms with van der Waals surface area (Å²) in [5.41, 5.74) is 6.83. The second-order valence-corrected chi connectivity index (χ2v) is 8.46. The second-order valence-electron chi connectivity index (χ2n) is 8.46. The summed E-state index contributed by atoms with van der Waals surface area (Å²) >= 11 is 0. The van der Waals surface area contributed by atoms with E-state index in [1.165, 1.54) is 12.8 Å². The molecule has 0 spiro atoms. The molecule has 0 bridgehead atoms. The molecule has 9 heteroatoms. The van der Waals surface area contributed by atoms with Crippen LogP contribution in [0.1, 0.15) is 35.8 Å². The Morgan fingerprint density at radius 1 is 1.16 bits per heavy atom. The molecule has 3 N–H and O–H groups in total. The lowest BCUT2D eigenvalue weighted by atomic mass is 10.0. The molecular weight excluding hydrogens is 404 g/mol. The summed E-state index contributed by atoms with van der Waals surface area (Å²) in [5, 5.41) is 17.4. The fourth-order valence-electron chi connectivity index (χ4n) is 4.47. The van der Waals surface area contributed by atoms with Crippen LogP contribution >= 0.6 is 0 Å². The summed E-state index contributed by atoms with van der Waals surface area (Å²) in [5.74, 6) is 3.01. The lowest BCUT2D eigenvalue weighted by Crippen LogP contribution is -2.01. The highest BCUT2D eigenvalue weighted by molar-refractivity contribution is 6.13. The number of nitrogens with zero attached hydrogens (tertiary/aromatic N) is 5. The Bertz CT molecular complexity index is 1470. The van der Waals surface area contributed by atoms with Gasteiger partial charge in [-0.1, -0.05) is 0 Å². The Hall–Kier alpha value is -3.88. The van der Waals surface area contributed by atoms with Gasteiger partial charge in [-0.25, -0.2) is 9.97 Å². The third kappa shape index (κ3) is 2.84. The molecule has 0 atom stereocenters. The summed E-state index contributed by atoms with van der Waals surface area (Å²) in [6.45, 7) is 4.01. The smallest absolute Gasteiger partial charge is 0.145 e. The Balaban J connectivity index is 1.52. The predicted molar refractivity (Wildman–Crippen MR) is 123 cm³/mol. The topological polar surface area (TPSA) is 109 Å². The quantitative estimate of drug-likeness (QED) is 0.381. The zero-order chi connectivity index (χ0) is 22.0. The van der Waals surface area contributed by atoms with E-state index in [-0.39, 0.29) is 0 Å². The molecule has 1 aromatic carbocycles. The van der Waals surface area contributed by atoms with Gasteiger partial charge in [-0.3, -0.25) is 9.78 Å². The van der Waals surface area contributed by atoms with Gasteiger partial charge in [0.1, 0.15) is 29.4 Å². The first-order valence-electron chi connectivity index (χ1n) is 10.7. The maximum atomic E-state index is 5.79. The van der Waals surface area contributed by atoms with Crippen molar-refractivity contribution >= 4 is 33.6 Å². The number of fused-ring (bicyclic) bond motifs is 3. The summed E-state index contributed by atoms with van der Waals surface area (Å²) in [7, 11) is 3.64. The zero-order valence-corrected chi connectivity index (χ0v) is 18.4. The van der Waals surface area contributed by atoms with Crippen LogP contribution in [0.5, 0.6) is 5.75 Å². The molecule has 0 saturated heterocycles. The molecular formula is C23H24N8O.